The molecule has 16 heavy (non-hydrogen) atoms. The van der Waals surface area contributed by atoms with Gasteiger partial charge in [-0.15, -0.1) is 0 Å². The van der Waals surface area contributed by atoms with Crippen molar-refractivity contribution in [3.05, 3.63) is 17.8 Å². The molecule has 0 aliphatic carbocycles. The molecule has 0 amide bonds. The summed E-state index contributed by atoms with van der Waals surface area (Å²) in [6.07, 6.45) is 4.34. The Morgan fingerprint density at radius 2 is 2.25 bits per heavy atom. The topological polar surface area (TPSA) is 72.2 Å². The molecule has 1 heterocycles. The second-order valence-electron chi connectivity index (χ2n) is 3.84. The summed E-state index contributed by atoms with van der Waals surface area (Å²) < 4.78 is 28.0. The fraction of sp³-hybridized carbons (Fsp3) is 0.700. The number of sulfone groups is 1. The molecule has 1 aromatic heterocycles. The van der Waals surface area contributed by atoms with E-state index in [1.165, 1.54) is 12.5 Å². The molecule has 0 radical (unpaired) electrons. The molecule has 1 rings (SSSR count). The molecule has 1 unspecified atom stereocenters. The van der Waals surface area contributed by atoms with Crippen LogP contribution in [0, 0.1) is 0 Å². The average Bonchev–Trinajstić information content (AvgIpc) is 2.64. The van der Waals surface area contributed by atoms with Gasteiger partial charge in [-0.1, -0.05) is 0 Å². The van der Waals surface area contributed by atoms with E-state index < -0.39 is 15.1 Å². The lowest BCUT2D eigenvalue weighted by Gasteiger charge is -2.04. The number of nitrogens with one attached hydrogen (secondary N) is 1. The van der Waals surface area contributed by atoms with Crippen molar-refractivity contribution in [2.75, 3.05) is 19.8 Å². The standard InChI is InChI=1S/C10H18N2O3S/c1-8(16(3,13)14)9-7-12-10(15-9)5-4-6-11-2/h7-8,11H,4-6H2,1-3H3. The van der Waals surface area contributed by atoms with Gasteiger partial charge in [0, 0.05) is 12.7 Å². The van der Waals surface area contributed by atoms with Crippen LogP contribution in [0.25, 0.3) is 0 Å². The summed E-state index contributed by atoms with van der Waals surface area (Å²) in [5.74, 6) is 1.02. The second kappa shape index (κ2) is 5.45. The maximum absolute atomic E-state index is 11.3. The van der Waals surface area contributed by atoms with Gasteiger partial charge in [-0.2, -0.15) is 0 Å². The molecule has 0 aliphatic rings. The Kier molecular flexibility index (Phi) is 4.49. The number of rotatable bonds is 6. The van der Waals surface area contributed by atoms with Crippen molar-refractivity contribution in [3.8, 4) is 0 Å². The maximum atomic E-state index is 11.3. The van der Waals surface area contributed by atoms with Gasteiger partial charge in [0.1, 0.15) is 11.0 Å². The van der Waals surface area contributed by atoms with Crippen molar-refractivity contribution in [2.45, 2.75) is 25.0 Å². The Hall–Kier alpha value is -0.880. The molecule has 0 fully saturated rings. The quantitative estimate of drug-likeness (QED) is 0.756. The summed E-state index contributed by atoms with van der Waals surface area (Å²) in [5.41, 5.74) is 0. The molecular weight excluding hydrogens is 228 g/mol. The fourth-order valence-corrected chi connectivity index (χ4v) is 1.79. The Bertz CT molecular complexity index is 425. The zero-order chi connectivity index (χ0) is 12.2. The van der Waals surface area contributed by atoms with Gasteiger partial charge >= 0.3 is 0 Å². The molecule has 0 saturated heterocycles. The van der Waals surface area contributed by atoms with Crippen LogP contribution in [-0.2, 0) is 16.3 Å². The first-order valence-corrected chi connectivity index (χ1v) is 7.18. The van der Waals surface area contributed by atoms with Crippen LogP contribution >= 0.6 is 0 Å². The van der Waals surface area contributed by atoms with E-state index in [2.05, 4.69) is 10.3 Å². The van der Waals surface area contributed by atoms with E-state index in [-0.39, 0.29) is 0 Å². The van der Waals surface area contributed by atoms with Crippen molar-refractivity contribution in [3.63, 3.8) is 0 Å². The highest BCUT2D eigenvalue weighted by Gasteiger charge is 2.21. The Morgan fingerprint density at radius 3 is 2.81 bits per heavy atom. The van der Waals surface area contributed by atoms with Gasteiger partial charge in [0.15, 0.2) is 15.7 Å². The van der Waals surface area contributed by atoms with Crippen LogP contribution in [0.2, 0.25) is 0 Å². The molecule has 0 aliphatic heterocycles. The van der Waals surface area contributed by atoms with Gasteiger partial charge in [0.25, 0.3) is 0 Å². The number of hydrogen-bond acceptors (Lipinski definition) is 5. The number of oxazole rings is 1. The van der Waals surface area contributed by atoms with Crippen molar-refractivity contribution < 1.29 is 12.8 Å². The zero-order valence-electron chi connectivity index (χ0n) is 9.86. The summed E-state index contributed by atoms with van der Waals surface area (Å²) in [4.78, 5) is 4.06. The van der Waals surface area contributed by atoms with Crippen molar-refractivity contribution in [1.82, 2.24) is 10.3 Å². The fourth-order valence-electron chi connectivity index (χ4n) is 1.26. The summed E-state index contributed by atoms with van der Waals surface area (Å²) in [5, 5.41) is 2.40. The minimum atomic E-state index is -3.11. The van der Waals surface area contributed by atoms with Gasteiger partial charge in [-0.3, -0.25) is 0 Å². The first kappa shape index (κ1) is 13.2. The monoisotopic (exact) mass is 246 g/mol. The molecule has 6 heteroatoms. The molecule has 5 nitrogen and oxygen atoms in total. The highest BCUT2D eigenvalue weighted by molar-refractivity contribution is 7.90. The summed E-state index contributed by atoms with van der Waals surface area (Å²) in [7, 11) is -1.23. The number of aryl methyl sites for hydroxylation is 1. The second-order valence-corrected chi connectivity index (χ2v) is 6.20. The first-order valence-electron chi connectivity index (χ1n) is 5.23. The van der Waals surface area contributed by atoms with Crippen LogP contribution in [0.4, 0.5) is 0 Å². The summed E-state index contributed by atoms with van der Waals surface area (Å²) >= 11 is 0. The van der Waals surface area contributed by atoms with Crippen molar-refractivity contribution >= 4 is 9.84 Å². The van der Waals surface area contributed by atoms with Gasteiger partial charge in [-0.25, -0.2) is 13.4 Å². The molecule has 0 bridgehead atoms. The normalized spacial score (nSPS) is 13.9. The van der Waals surface area contributed by atoms with E-state index in [4.69, 9.17) is 4.42 Å². The molecule has 1 aromatic rings. The largest absolute Gasteiger partial charge is 0.444 e. The van der Waals surface area contributed by atoms with E-state index in [9.17, 15) is 8.42 Å². The Balaban J connectivity index is 2.64. The van der Waals surface area contributed by atoms with E-state index in [0.29, 0.717) is 11.7 Å². The van der Waals surface area contributed by atoms with Crippen molar-refractivity contribution in [2.24, 2.45) is 0 Å². The molecule has 0 saturated carbocycles. The molecule has 92 valence electrons. The summed E-state index contributed by atoms with van der Waals surface area (Å²) in [6.45, 7) is 2.49. The molecular formula is C10H18N2O3S. The third kappa shape index (κ3) is 3.61. The third-order valence-corrected chi connectivity index (χ3v) is 3.95. The Morgan fingerprint density at radius 1 is 1.56 bits per heavy atom. The van der Waals surface area contributed by atoms with Crippen molar-refractivity contribution in [1.29, 1.82) is 0 Å². The van der Waals surface area contributed by atoms with Crippen LogP contribution in [0.15, 0.2) is 10.6 Å². The summed E-state index contributed by atoms with van der Waals surface area (Å²) in [6, 6.07) is 0. The van der Waals surface area contributed by atoms with E-state index in [0.717, 1.165) is 19.4 Å². The molecule has 1 atom stereocenters. The predicted molar refractivity (Wildman–Crippen MR) is 62.0 cm³/mol. The van der Waals surface area contributed by atoms with Crippen LogP contribution in [-0.4, -0.2) is 33.2 Å². The van der Waals surface area contributed by atoms with Crippen LogP contribution in [0.3, 0.4) is 0 Å². The third-order valence-electron chi connectivity index (χ3n) is 2.43. The number of aromatic nitrogens is 1. The molecule has 0 spiro atoms. The first-order chi connectivity index (χ1) is 7.45. The maximum Gasteiger partial charge on any atom is 0.194 e. The van der Waals surface area contributed by atoms with E-state index >= 15 is 0 Å². The van der Waals surface area contributed by atoms with E-state index in [1.807, 2.05) is 7.05 Å². The number of nitrogens with zero attached hydrogens (tertiary/aromatic N) is 1. The smallest absolute Gasteiger partial charge is 0.194 e. The average molecular weight is 246 g/mol. The minimum absolute atomic E-state index is 0.418. The predicted octanol–water partition coefficient (Wildman–Crippen LogP) is 0.932. The van der Waals surface area contributed by atoms with Crippen LogP contribution < -0.4 is 5.32 Å². The zero-order valence-corrected chi connectivity index (χ0v) is 10.7. The van der Waals surface area contributed by atoms with Crippen LogP contribution in [0.5, 0.6) is 0 Å². The van der Waals surface area contributed by atoms with Gasteiger partial charge < -0.3 is 9.73 Å². The lowest BCUT2D eigenvalue weighted by atomic mass is 10.3. The van der Waals surface area contributed by atoms with Gasteiger partial charge in [0.2, 0.25) is 0 Å². The van der Waals surface area contributed by atoms with E-state index in [1.54, 1.807) is 6.92 Å². The lowest BCUT2D eigenvalue weighted by Crippen LogP contribution is -2.08. The number of hydrogen-bond donors (Lipinski definition) is 1. The molecule has 1 N–H and O–H groups in total. The molecule has 0 aromatic carbocycles. The highest BCUT2D eigenvalue weighted by atomic mass is 32.2. The minimum Gasteiger partial charge on any atom is -0.444 e. The highest BCUT2D eigenvalue weighted by Crippen LogP contribution is 2.21. The SMILES string of the molecule is CNCCCc1ncc(C(C)S(C)(=O)=O)o1. The Labute approximate surface area is 96.2 Å². The van der Waals surface area contributed by atoms with Gasteiger partial charge in [-0.05, 0) is 26.9 Å². The van der Waals surface area contributed by atoms with Crippen LogP contribution in [0.1, 0.15) is 30.2 Å². The van der Waals surface area contributed by atoms with Gasteiger partial charge in [0.05, 0.1) is 6.20 Å². The lowest BCUT2D eigenvalue weighted by molar-refractivity contribution is 0.444.